The fourth-order valence-corrected chi connectivity index (χ4v) is 3.35. The summed E-state index contributed by atoms with van der Waals surface area (Å²) < 4.78 is 28.1. The summed E-state index contributed by atoms with van der Waals surface area (Å²) in [6, 6.07) is 8.32. The molecule has 1 N–H and O–H groups in total. The van der Waals surface area contributed by atoms with Gasteiger partial charge in [0, 0.05) is 5.56 Å². The van der Waals surface area contributed by atoms with Crippen molar-refractivity contribution < 1.29 is 8.78 Å². The van der Waals surface area contributed by atoms with Crippen LogP contribution in [0.25, 0.3) is 0 Å². The molecule has 2 aromatic rings. The van der Waals surface area contributed by atoms with E-state index in [0.717, 1.165) is 18.4 Å². The number of rotatable bonds is 3. The van der Waals surface area contributed by atoms with E-state index in [9.17, 15) is 8.78 Å². The van der Waals surface area contributed by atoms with Gasteiger partial charge in [0.15, 0.2) is 0 Å². The number of benzene rings is 2. The summed E-state index contributed by atoms with van der Waals surface area (Å²) in [7, 11) is 1.76. The Balaban J connectivity index is 2.04. The zero-order valence-electron chi connectivity index (χ0n) is 11.7. The van der Waals surface area contributed by atoms with E-state index in [-0.39, 0.29) is 10.5 Å². The molecule has 3 rings (SSSR count). The summed E-state index contributed by atoms with van der Waals surface area (Å²) in [5.41, 5.74) is 4.00. The van der Waals surface area contributed by atoms with Crippen LogP contribution in [0.3, 0.4) is 0 Å². The lowest BCUT2D eigenvalue weighted by Crippen LogP contribution is -2.19. The Kier molecular flexibility index (Phi) is 4.09. The van der Waals surface area contributed by atoms with E-state index in [2.05, 4.69) is 33.4 Å². The van der Waals surface area contributed by atoms with E-state index in [0.29, 0.717) is 5.56 Å². The third-order valence-electron chi connectivity index (χ3n) is 4.10. The first-order valence-electron chi connectivity index (χ1n) is 7.03. The van der Waals surface area contributed by atoms with Crippen LogP contribution in [-0.2, 0) is 12.8 Å². The number of fused-ring (bicyclic) bond motifs is 1. The Morgan fingerprint density at radius 2 is 1.81 bits per heavy atom. The van der Waals surface area contributed by atoms with E-state index >= 15 is 0 Å². The lowest BCUT2D eigenvalue weighted by Gasteiger charge is -2.19. The maximum absolute atomic E-state index is 14.2. The van der Waals surface area contributed by atoms with Crippen LogP contribution in [0.2, 0.25) is 0 Å². The average molecular weight is 352 g/mol. The summed E-state index contributed by atoms with van der Waals surface area (Å²) in [6.07, 6.45) is 3.35. The van der Waals surface area contributed by atoms with Gasteiger partial charge < -0.3 is 5.32 Å². The van der Waals surface area contributed by atoms with Gasteiger partial charge in [0.2, 0.25) is 0 Å². The van der Waals surface area contributed by atoms with Gasteiger partial charge in [-0.25, -0.2) is 8.78 Å². The molecule has 0 saturated carbocycles. The number of aryl methyl sites for hydroxylation is 2. The molecule has 1 unspecified atom stereocenters. The lowest BCUT2D eigenvalue weighted by atomic mass is 9.95. The minimum absolute atomic E-state index is 0.146. The predicted molar refractivity (Wildman–Crippen MR) is 83.4 cm³/mol. The first-order valence-corrected chi connectivity index (χ1v) is 7.83. The fourth-order valence-electron chi connectivity index (χ4n) is 3.03. The summed E-state index contributed by atoms with van der Waals surface area (Å²) in [6.45, 7) is 0. The van der Waals surface area contributed by atoms with Crippen molar-refractivity contribution in [3.05, 3.63) is 68.7 Å². The topological polar surface area (TPSA) is 12.0 Å². The third kappa shape index (κ3) is 2.74. The molecule has 0 heterocycles. The van der Waals surface area contributed by atoms with Crippen molar-refractivity contribution >= 4 is 15.9 Å². The van der Waals surface area contributed by atoms with Gasteiger partial charge in [-0.3, -0.25) is 0 Å². The maximum Gasteiger partial charge on any atom is 0.137 e. The van der Waals surface area contributed by atoms with Gasteiger partial charge in [-0.15, -0.1) is 0 Å². The molecule has 0 saturated heterocycles. The lowest BCUT2D eigenvalue weighted by molar-refractivity contribution is 0.554. The van der Waals surface area contributed by atoms with Crippen molar-refractivity contribution in [1.29, 1.82) is 0 Å². The maximum atomic E-state index is 14.2. The Bertz CT molecular complexity index is 685. The average Bonchev–Trinajstić information content (AvgIpc) is 2.92. The van der Waals surface area contributed by atoms with Gasteiger partial charge in [-0.05, 0) is 71.1 Å². The molecule has 21 heavy (non-hydrogen) atoms. The van der Waals surface area contributed by atoms with Gasteiger partial charge in [0.25, 0.3) is 0 Å². The minimum Gasteiger partial charge on any atom is -0.309 e. The van der Waals surface area contributed by atoms with Crippen molar-refractivity contribution in [2.24, 2.45) is 0 Å². The van der Waals surface area contributed by atoms with Crippen LogP contribution in [0, 0.1) is 11.6 Å². The van der Waals surface area contributed by atoms with Crippen LogP contribution in [0.4, 0.5) is 8.78 Å². The highest BCUT2D eigenvalue weighted by Gasteiger charge is 2.20. The summed E-state index contributed by atoms with van der Waals surface area (Å²) in [5.74, 6) is -0.865. The normalized spacial score (nSPS) is 15.0. The molecule has 0 bridgehead atoms. The van der Waals surface area contributed by atoms with Crippen molar-refractivity contribution in [3.8, 4) is 0 Å². The van der Waals surface area contributed by atoms with Gasteiger partial charge in [0.1, 0.15) is 11.6 Å². The van der Waals surface area contributed by atoms with Crippen molar-refractivity contribution in [2.45, 2.75) is 25.3 Å². The van der Waals surface area contributed by atoms with Crippen LogP contribution in [0.1, 0.15) is 34.7 Å². The van der Waals surface area contributed by atoms with E-state index in [1.54, 1.807) is 7.05 Å². The Hall–Kier alpha value is -1.26. The number of nitrogens with one attached hydrogen (secondary N) is 1. The molecule has 0 spiro atoms. The van der Waals surface area contributed by atoms with Crippen LogP contribution < -0.4 is 5.32 Å². The Morgan fingerprint density at radius 1 is 1.05 bits per heavy atom. The zero-order valence-corrected chi connectivity index (χ0v) is 13.3. The standard InChI is InChI=1S/C17H16BrF2N/c1-21-17(13-8-16(20)14(18)9-15(13)19)12-6-5-10-3-2-4-11(10)7-12/h5-9,17,21H,2-4H2,1H3. The molecule has 0 amide bonds. The molecule has 0 radical (unpaired) electrons. The van der Waals surface area contributed by atoms with Crippen LogP contribution >= 0.6 is 15.9 Å². The molecule has 0 aliphatic heterocycles. The monoisotopic (exact) mass is 351 g/mol. The van der Waals surface area contributed by atoms with Crippen LogP contribution in [0.5, 0.6) is 0 Å². The molecule has 0 aromatic heterocycles. The van der Waals surface area contributed by atoms with E-state index in [4.69, 9.17) is 0 Å². The molecule has 1 nitrogen and oxygen atoms in total. The van der Waals surface area contributed by atoms with Crippen molar-refractivity contribution in [1.82, 2.24) is 5.32 Å². The van der Waals surface area contributed by atoms with Gasteiger partial charge >= 0.3 is 0 Å². The highest BCUT2D eigenvalue weighted by molar-refractivity contribution is 9.10. The molecule has 110 valence electrons. The predicted octanol–water partition coefficient (Wildman–Crippen LogP) is 4.52. The largest absolute Gasteiger partial charge is 0.309 e. The number of hydrogen-bond donors (Lipinski definition) is 1. The van der Waals surface area contributed by atoms with Gasteiger partial charge in [-0.2, -0.15) is 0 Å². The quantitative estimate of drug-likeness (QED) is 0.801. The third-order valence-corrected chi connectivity index (χ3v) is 4.70. The Morgan fingerprint density at radius 3 is 2.57 bits per heavy atom. The highest BCUT2D eigenvalue weighted by Crippen LogP contribution is 2.31. The van der Waals surface area contributed by atoms with Gasteiger partial charge in [-0.1, -0.05) is 18.2 Å². The molecule has 1 aliphatic carbocycles. The minimum atomic E-state index is -0.451. The van der Waals surface area contributed by atoms with E-state index in [1.807, 2.05) is 6.07 Å². The Labute approximate surface area is 131 Å². The highest BCUT2D eigenvalue weighted by atomic mass is 79.9. The molecular formula is C17H16BrF2N. The van der Waals surface area contributed by atoms with Crippen molar-refractivity contribution in [3.63, 3.8) is 0 Å². The SMILES string of the molecule is CNC(c1ccc2c(c1)CCC2)c1cc(F)c(Br)cc1F. The first-order chi connectivity index (χ1) is 10.1. The molecule has 2 aromatic carbocycles. The molecule has 4 heteroatoms. The molecule has 1 atom stereocenters. The molecular weight excluding hydrogens is 336 g/mol. The number of halogens is 3. The fraction of sp³-hybridized carbons (Fsp3) is 0.294. The molecule has 1 aliphatic rings. The first kappa shape index (κ1) is 14.7. The van der Waals surface area contributed by atoms with Crippen molar-refractivity contribution in [2.75, 3.05) is 7.05 Å². The zero-order chi connectivity index (χ0) is 15.0. The van der Waals surface area contributed by atoms with Gasteiger partial charge in [0.05, 0.1) is 10.5 Å². The molecule has 0 fully saturated rings. The smallest absolute Gasteiger partial charge is 0.137 e. The summed E-state index contributed by atoms with van der Waals surface area (Å²) >= 11 is 3.01. The summed E-state index contributed by atoms with van der Waals surface area (Å²) in [4.78, 5) is 0. The van der Waals surface area contributed by atoms with Crippen LogP contribution in [0.15, 0.2) is 34.8 Å². The van der Waals surface area contributed by atoms with E-state index in [1.165, 1.54) is 29.7 Å². The van der Waals surface area contributed by atoms with Crippen LogP contribution in [-0.4, -0.2) is 7.05 Å². The van der Waals surface area contributed by atoms with E-state index < -0.39 is 11.6 Å². The number of hydrogen-bond acceptors (Lipinski definition) is 1. The second kappa shape index (κ2) is 5.85. The summed E-state index contributed by atoms with van der Waals surface area (Å²) in [5, 5.41) is 3.09. The second-order valence-electron chi connectivity index (χ2n) is 5.39. The second-order valence-corrected chi connectivity index (χ2v) is 6.25.